The van der Waals surface area contributed by atoms with Crippen LogP contribution in [0.4, 0.5) is 5.69 Å². The first-order valence-electron chi connectivity index (χ1n) is 15.4. The molecule has 0 spiro atoms. The molecule has 8 nitrogen and oxygen atoms in total. The molecule has 1 saturated heterocycles. The van der Waals surface area contributed by atoms with Gasteiger partial charge in [-0.3, -0.25) is 14.6 Å². The number of aromatic hydroxyl groups is 1. The van der Waals surface area contributed by atoms with E-state index in [4.69, 9.17) is 26.8 Å². The number of amides is 1. The van der Waals surface area contributed by atoms with Crippen LogP contribution in [0.2, 0.25) is 0 Å². The van der Waals surface area contributed by atoms with Crippen molar-refractivity contribution in [1.82, 2.24) is 4.90 Å². The summed E-state index contributed by atoms with van der Waals surface area (Å²) in [6, 6.07) is 10.8. The second-order valence-electron chi connectivity index (χ2n) is 12.6. The third kappa shape index (κ3) is 5.32. The molecular weight excluding hydrogens is 578 g/mol. The van der Waals surface area contributed by atoms with Crippen molar-refractivity contribution in [3.63, 3.8) is 0 Å². The predicted molar refractivity (Wildman–Crippen MR) is 173 cm³/mol. The summed E-state index contributed by atoms with van der Waals surface area (Å²) in [6.45, 7) is 5.72. The zero-order chi connectivity index (χ0) is 31.3. The number of hydrogen-bond acceptors (Lipinski definition) is 7. The lowest BCUT2D eigenvalue weighted by Crippen LogP contribution is -2.48. The van der Waals surface area contributed by atoms with Gasteiger partial charge in [0.1, 0.15) is 5.75 Å². The maximum absolute atomic E-state index is 13.6. The van der Waals surface area contributed by atoms with Crippen LogP contribution < -0.4 is 15.2 Å². The summed E-state index contributed by atoms with van der Waals surface area (Å²) in [5.41, 5.74) is 10.5. The Morgan fingerprint density at radius 3 is 2.73 bits per heavy atom. The van der Waals surface area contributed by atoms with Crippen LogP contribution in [0.1, 0.15) is 72.5 Å². The third-order valence-electron chi connectivity index (χ3n) is 9.66. The van der Waals surface area contributed by atoms with Crippen LogP contribution in [0.3, 0.4) is 0 Å². The Morgan fingerprint density at radius 2 is 2.00 bits per heavy atom. The lowest BCUT2D eigenvalue weighted by atomic mass is 9.73. The average molecular weight is 618 g/mol. The number of benzene rings is 3. The summed E-state index contributed by atoms with van der Waals surface area (Å²) in [5, 5.41) is 12.7. The summed E-state index contributed by atoms with van der Waals surface area (Å²) in [6.07, 6.45) is 4.49. The van der Waals surface area contributed by atoms with Crippen molar-refractivity contribution >= 4 is 46.0 Å². The minimum absolute atomic E-state index is 0.0371. The monoisotopic (exact) mass is 617 g/mol. The Labute approximate surface area is 263 Å². The average Bonchev–Trinajstić information content (AvgIpc) is 3.38. The minimum atomic E-state index is -0.749. The van der Waals surface area contributed by atoms with Gasteiger partial charge in [0, 0.05) is 42.1 Å². The van der Waals surface area contributed by atoms with E-state index in [0.717, 1.165) is 41.2 Å². The standard InChI is InChI=1S/C35H40ClN3O5/c1-18-6-5-7-25-30(41)13-22-10-21(11-23(16-36)34(22)33(18)25)12-29(40)20(3)44-32-15-27-26(14-31(32)43-4)35(42)39-24(17-38-27)8-9-28(39)19(2)37/h5-7,13-15,17,19-21,23-24,28,41H,8-12,16,37H2,1-4H3/t19?,20?,21?,23-,24-,28+/m0/s1. The van der Waals surface area contributed by atoms with Gasteiger partial charge >= 0.3 is 0 Å². The first-order valence-corrected chi connectivity index (χ1v) is 16.0. The highest BCUT2D eigenvalue weighted by atomic mass is 35.5. The molecule has 44 heavy (non-hydrogen) atoms. The molecule has 1 aliphatic carbocycles. The molecule has 232 valence electrons. The highest BCUT2D eigenvalue weighted by Crippen LogP contribution is 2.45. The van der Waals surface area contributed by atoms with Crippen molar-refractivity contribution in [3.8, 4) is 17.2 Å². The number of nitrogens with two attached hydrogens (primary N) is 1. The van der Waals surface area contributed by atoms with Crippen LogP contribution in [0.25, 0.3) is 10.8 Å². The van der Waals surface area contributed by atoms with E-state index < -0.39 is 6.10 Å². The number of phenols is 1. The highest BCUT2D eigenvalue weighted by molar-refractivity contribution is 6.18. The van der Waals surface area contributed by atoms with E-state index in [2.05, 4.69) is 18.0 Å². The van der Waals surface area contributed by atoms with Crippen LogP contribution in [-0.4, -0.2) is 65.1 Å². The first kappa shape index (κ1) is 30.4. The summed E-state index contributed by atoms with van der Waals surface area (Å²) in [5.74, 6) is 1.40. The molecule has 3 aromatic carbocycles. The first-order chi connectivity index (χ1) is 21.1. The molecule has 6 rings (SSSR count). The Balaban J connectivity index is 1.21. The van der Waals surface area contributed by atoms with E-state index in [-0.39, 0.29) is 47.4 Å². The Bertz CT molecular complexity index is 1650. The zero-order valence-corrected chi connectivity index (χ0v) is 26.4. The minimum Gasteiger partial charge on any atom is -0.507 e. The molecule has 3 N–H and O–H groups in total. The predicted octanol–water partition coefficient (Wildman–Crippen LogP) is 6.21. The topological polar surface area (TPSA) is 114 Å². The van der Waals surface area contributed by atoms with Crippen molar-refractivity contribution in [1.29, 1.82) is 0 Å². The van der Waals surface area contributed by atoms with Crippen LogP contribution >= 0.6 is 11.6 Å². The number of Topliss-reactive ketones (excluding diaryl/α,β-unsaturated/α-hetero) is 1. The van der Waals surface area contributed by atoms with Crippen molar-refractivity contribution in [2.45, 2.75) is 83.0 Å². The lowest BCUT2D eigenvalue weighted by molar-refractivity contribution is -0.126. The molecule has 0 radical (unpaired) electrons. The normalized spacial score (nSPS) is 23.9. The van der Waals surface area contributed by atoms with Crippen LogP contribution in [-0.2, 0) is 11.2 Å². The van der Waals surface area contributed by atoms with Crippen LogP contribution in [0.15, 0.2) is 41.4 Å². The number of methoxy groups -OCH3 is 1. The number of ether oxygens (including phenoxy) is 2. The van der Waals surface area contributed by atoms with Crippen LogP contribution in [0, 0.1) is 12.8 Å². The van der Waals surface area contributed by atoms with Gasteiger partial charge in [-0.2, -0.15) is 0 Å². The molecular formula is C35H40ClN3O5. The molecule has 6 atom stereocenters. The summed E-state index contributed by atoms with van der Waals surface area (Å²) >= 11 is 6.51. The van der Waals surface area contributed by atoms with Gasteiger partial charge in [0.25, 0.3) is 5.91 Å². The Morgan fingerprint density at radius 1 is 1.20 bits per heavy atom. The molecule has 0 aromatic heterocycles. The number of aliphatic imine (C=N–C) groups is 1. The molecule has 2 aliphatic heterocycles. The molecule has 2 heterocycles. The van der Waals surface area contributed by atoms with E-state index in [1.54, 1.807) is 19.1 Å². The fraction of sp³-hybridized carbons (Fsp3) is 0.457. The molecule has 9 heteroatoms. The van der Waals surface area contributed by atoms with Gasteiger partial charge in [0.05, 0.1) is 24.4 Å². The number of fused-ring (bicyclic) bond motifs is 5. The quantitative estimate of drug-likeness (QED) is 0.291. The van der Waals surface area contributed by atoms with E-state index >= 15 is 0 Å². The second kappa shape index (κ2) is 12.1. The Kier molecular flexibility index (Phi) is 8.33. The fourth-order valence-corrected chi connectivity index (χ4v) is 7.77. The third-order valence-corrected chi connectivity index (χ3v) is 10.0. The van der Waals surface area contributed by atoms with E-state index in [9.17, 15) is 14.7 Å². The van der Waals surface area contributed by atoms with Crippen LogP contribution in [0.5, 0.6) is 17.2 Å². The number of aryl methyl sites for hydroxylation is 1. The fourth-order valence-electron chi connectivity index (χ4n) is 7.49. The number of rotatable bonds is 8. The van der Waals surface area contributed by atoms with E-state index in [0.29, 0.717) is 41.5 Å². The zero-order valence-electron chi connectivity index (χ0n) is 25.7. The maximum atomic E-state index is 13.6. The molecule has 1 amide bonds. The lowest BCUT2D eigenvalue weighted by Gasteiger charge is -2.32. The van der Waals surface area contributed by atoms with Gasteiger partial charge in [-0.15, -0.1) is 11.6 Å². The van der Waals surface area contributed by atoms with E-state index in [1.807, 2.05) is 36.2 Å². The van der Waals surface area contributed by atoms with Gasteiger partial charge in [0.15, 0.2) is 23.4 Å². The SMILES string of the molecule is COc1cc2c(cc1OC(C)C(=O)CC1Cc3cc(O)c4cccc(C)c4c3[C@H](CCl)C1)N=C[C@@H]1CC[C@H](C(C)N)N1C2=O. The van der Waals surface area contributed by atoms with Gasteiger partial charge in [-0.25, -0.2) is 0 Å². The molecule has 1 fully saturated rings. The Hall–Kier alpha value is -3.62. The van der Waals surface area contributed by atoms with Gasteiger partial charge in [0.2, 0.25) is 0 Å². The highest BCUT2D eigenvalue weighted by Gasteiger charge is 2.41. The summed E-state index contributed by atoms with van der Waals surface area (Å²) in [4.78, 5) is 33.7. The van der Waals surface area contributed by atoms with Crippen molar-refractivity contribution < 1.29 is 24.2 Å². The van der Waals surface area contributed by atoms with Gasteiger partial charge in [-0.05, 0) is 92.5 Å². The number of carbonyl (C=O) groups excluding carboxylic acids is 2. The molecule has 3 aromatic rings. The maximum Gasteiger partial charge on any atom is 0.257 e. The molecule has 0 saturated carbocycles. The second-order valence-corrected chi connectivity index (χ2v) is 12.9. The smallest absolute Gasteiger partial charge is 0.257 e. The van der Waals surface area contributed by atoms with Crippen molar-refractivity contribution in [2.75, 3.05) is 13.0 Å². The number of alkyl halides is 1. The summed E-state index contributed by atoms with van der Waals surface area (Å²) in [7, 11) is 1.52. The molecule has 3 aliphatic rings. The van der Waals surface area contributed by atoms with Crippen molar-refractivity contribution in [2.24, 2.45) is 16.6 Å². The van der Waals surface area contributed by atoms with E-state index in [1.165, 1.54) is 12.7 Å². The number of nitrogens with zero attached hydrogens (tertiary/aromatic N) is 2. The number of halogens is 1. The number of phenolic OH excluding ortho intramolecular Hbond substituents is 1. The summed E-state index contributed by atoms with van der Waals surface area (Å²) < 4.78 is 11.8. The molecule has 3 unspecified atom stereocenters. The van der Waals surface area contributed by atoms with Crippen molar-refractivity contribution in [3.05, 3.63) is 58.7 Å². The number of carbonyl (C=O) groups is 2. The number of ketones is 1. The molecule has 0 bridgehead atoms. The largest absolute Gasteiger partial charge is 0.507 e. The van der Waals surface area contributed by atoms with Gasteiger partial charge in [-0.1, -0.05) is 18.2 Å². The number of hydrogen-bond donors (Lipinski definition) is 2. The van der Waals surface area contributed by atoms with Gasteiger partial charge < -0.3 is 25.2 Å².